The van der Waals surface area contributed by atoms with Gasteiger partial charge in [0.2, 0.25) is 0 Å². The Morgan fingerprint density at radius 1 is 1.05 bits per heavy atom. The van der Waals surface area contributed by atoms with Gasteiger partial charge in [-0.1, -0.05) is 13.8 Å². The van der Waals surface area contributed by atoms with Gasteiger partial charge in [-0.25, -0.2) is 0 Å². The van der Waals surface area contributed by atoms with Crippen molar-refractivity contribution in [2.24, 2.45) is 0 Å². The fraction of sp³-hybridized carbons (Fsp3) is 1.00. The van der Waals surface area contributed by atoms with Gasteiger partial charge in [0.1, 0.15) is 0 Å². The number of piperazine rings is 1. The molecule has 1 N–H and O–H groups in total. The van der Waals surface area contributed by atoms with E-state index in [9.17, 15) is 0 Å². The summed E-state index contributed by atoms with van der Waals surface area (Å²) in [6.07, 6.45) is 2.61. The third-order valence-electron chi connectivity index (χ3n) is 4.24. The highest BCUT2D eigenvalue weighted by atomic mass is 15.3. The van der Waals surface area contributed by atoms with Crippen LogP contribution in [0.25, 0.3) is 0 Å². The van der Waals surface area contributed by atoms with Crippen molar-refractivity contribution >= 4 is 0 Å². The fourth-order valence-electron chi connectivity index (χ4n) is 2.74. The van der Waals surface area contributed by atoms with Crippen LogP contribution in [0.15, 0.2) is 0 Å². The van der Waals surface area contributed by atoms with E-state index in [0.29, 0.717) is 6.04 Å². The van der Waals surface area contributed by atoms with Crippen molar-refractivity contribution in [2.75, 3.05) is 59.9 Å². The van der Waals surface area contributed by atoms with Crippen LogP contribution in [0.2, 0.25) is 0 Å². The van der Waals surface area contributed by atoms with Gasteiger partial charge in [-0.15, -0.1) is 0 Å². The molecule has 0 aromatic heterocycles. The molecule has 0 aliphatic carbocycles. The zero-order valence-corrected chi connectivity index (χ0v) is 14.4. The molecule has 1 aliphatic heterocycles. The molecule has 0 aromatic carbocycles. The summed E-state index contributed by atoms with van der Waals surface area (Å²) in [5.74, 6) is 0. The number of likely N-dealkylation sites (N-methyl/N-ethyl adjacent to an activating group) is 1. The summed E-state index contributed by atoms with van der Waals surface area (Å²) in [4.78, 5) is 7.54. The molecule has 1 rings (SSSR count). The van der Waals surface area contributed by atoms with Crippen molar-refractivity contribution in [3.8, 4) is 0 Å². The van der Waals surface area contributed by atoms with E-state index in [2.05, 4.69) is 54.9 Å². The summed E-state index contributed by atoms with van der Waals surface area (Å²) in [6, 6.07) is 1.35. The highest BCUT2D eigenvalue weighted by Gasteiger charge is 2.20. The molecule has 0 aromatic rings. The minimum atomic E-state index is 0.616. The Kier molecular flexibility index (Phi) is 8.69. The van der Waals surface area contributed by atoms with Gasteiger partial charge >= 0.3 is 0 Å². The lowest BCUT2D eigenvalue weighted by Gasteiger charge is -2.38. The molecule has 4 nitrogen and oxygen atoms in total. The number of rotatable bonds is 9. The van der Waals surface area contributed by atoms with Crippen LogP contribution in [-0.4, -0.2) is 86.7 Å². The second-order valence-corrected chi connectivity index (χ2v) is 6.78. The lowest BCUT2D eigenvalue weighted by molar-refractivity contribution is 0.0936. The van der Waals surface area contributed by atoms with Crippen LogP contribution in [-0.2, 0) is 0 Å². The summed E-state index contributed by atoms with van der Waals surface area (Å²) in [5, 5.41) is 3.51. The SMILES string of the molecule is CC(C)NCCCC(C)N1CCN(CCN(C)C)CC1. The zero-order chi connectivity index (χ0) is 15.0. The predicted molar refractivity (Wildman–Crippen MR) is 88.4 cm³/mol. The highest BCUT2D eigenvalue weighted by molar-refractivity contribution is 4.76. The molecule has 0 spiro atoms. The van der Waals surface area contributed by atoms with Crippen molar-refractivity contribution < 1.29 is 0 Å². The predicted octanol–water partition coefficient (Wildman–Crippen LogP) is 1.33. The van der Waals surface area contributed by atoms with Crippen LogP contribution in [0.4, 0.5) is 0 Å². The Morgan fingerprint density at radius 3 is 2.25 bits per heavy atom. The maximum Gasteiger partial charge on any atom is 0.0113 e. The molecule has 1 aliphatic rings. The average molecular weight is 284 g/mol. The smallest absolute Gasteiger partial charge is 0.0113 e. The van der Waals surface area contributed by atoms with Crippen molar-refractivity contribution in [2.45, 2.75) is 45.7 Å². The maximum atomic E-state index is 3.51. The summed E-state index contributed by atoms with van der Waals surface area (Å²) in [6.45, 7) is 15.3. The van der Waals surface area contributed by atoms with Crippen LogP contribution in [0, 0.1) is 0 Å². The molecule has 4 heteroatoms. The Bertz CT molecular complexity index is 235. The third kappa shape index (κ3) is 7.58. The van der Waals surface area contributed by atoms with E-state index >= 15 is 0 Å². The zero-order valence-electron chi connectivity index (χ0n) is 14.4. The second-order valence-electron chi connectivity index (χ2n) is 6.78. The largest absolute Gasteiger partial charge is 0.315 e. The molecule has 1 atom stereocenters. The summed E-state index contributed by atoms with van der Waals surface area (Å²) in [7, 11) is 4.31. The molecule has 1 saturated heterocycles. The van der Waals surface area contributed by atoms with E-state index in [1.807, 2.05) is 0 Å². The van der Waals surface area contributed by atoms with Gasteiger partial charge in [0.25, 0.3) is 0 Å². The van der Waals surface area contributed by atoms with Gasteiger partial charge in [-0.2, -0.15) is 0 Å². The minimum Gasteiger partial charge on any atom is -0.315 e. The second kappa shape index (κ2) is 9.72. The van der Waals surface area contributed by atoms with E-state index in [1.165, 1.54) is 52.1 Å². The molecular weight excluding hydrogens is 248 g/mol. The van der Waals surface area contributed by atoms with Gasteiger partial charge < -0.3 is 10.2 Å². The van der Waals surface area contributed by atoms with Gasteiger partial charge in [-0.3, -0.25) is 9.80 Å². The summed E-state index contributed by atoms with van der Waals surface area (Å²) >= 11 is 0. The third-order valence-corrected chi connectivity index (χ3v) is 4.24. The summed E-state index contributed by atoms with van der Waals surface area (Å²) in [5.41, 5.74) is 0. The van der Waals surface area contributed by atoms with Gasteiger partial charge in [0, 0.05) is 51.4 Å². The van der Waals surface area contributed by atoms with Crippen molar-refractivity contribution in [3.05, 3.63) is 0 Å². The number of nitrogens with zero attached hydrogens (tertiary/aromatic N) is 3. The van der Waals surface area contributed by atoms with E-state index < -0.39 is 0 Å². The number of nitrogens with one attached hydrogen (secondary N) is 1. The quantitative estimate of drug-likeness (QED) is 0.645. The monoisotopic (exact) mass is 284 g/mol. The first-order valence-electron chi connectivity index (χ1n) is 8.33. The lowest BCUT2D eigenvalue weighted by atomic mass is 10.1. The Morgan fingerprint density at radius 2 is 1.70 bits per heavy atom. The lowest BCUT2D eigenvalue weighted by Crippen LogP contribution is -2.50. The van der Waals surface area contributed by atoms with Crippen LogP contribution < -0.4 is 5.32 Å². The highest BCUT2D eigenvalue weighted by Crippen LogP contribution is 2.10. The fourth-order valence-corrected chi connectivity index (χ4v) is 2.74. The van der Waals surface area contributed by atoms with Crippen molar-refractivity contribution in [1.82, 2.24) is 20.0 Å². The van der Waals surface area contributed by atoms with Crippen LogP contribution in [0.5, 0.6) is 0 Å². The normalized spacial score (nSPS) is 19.9. The molecule has 0 saturated carbocycles. The molecule has 1 fully saturated rings. The molecule has 1 heterocycles. The number of hydrogen-bond donors (Lipinski definition) is 1. The number of hydrogen-bond acceptors (Lipinski definition) is 4. The molecule has 0 bridgehead atoms. The Labute approximate surface area is 126 Å². The molecule has 0 radical (unpaired) electrons. The topological polar surface area (TPSA) is 21.8 Å². The van der Waals surface area contributed by atoms with Gasteiger partial charge in [0.05, 0.1) is 0 Å². The molecule has 120 valence electrons. The van der Waals surface area contributed by atoms with Crippen molar-refractivity contribution in [1.29, 1.82) is 0 Å². The average Bonchev–Trinajstić information content (AvgIpc) is 2.41. The minimum absolute atomic E-state index is 0.616. The first-order valence-corrected chi connectivity index (χ1v) is 8.33. The molecular formula is C16H36N4. The first kappa shape index (κ1) is 17.9. The van der Waals surface area contributed by atoms with Crippen LogP contribution >= 0.6 is 0 Å². The van der Waals surface area contributed by atoms with E-state index in [0.717, 1.165) is 12.6 Å². The molecule has 20 heavy (non-hydrogen) atoms. The van der Waals surface area contributed by atoms with E-state index in [4.69, 9.17) is 0 Å². The van der Waals surface area contributed by atoms with Gasteiger partial charge in [-0.05, 0) is 40.4 Å². The maximum absolute atomic E-state index is 3.51. The van der Waals surface area contributed by atoms with Crippen LogP contribution in [0.3, 0.4) is 0 Å². The van der Waals surface area contributed by atoms with Crippen LogP contribution in [0.1, 0.15) is 33.6 Å². The van der Waals surface area contributed by atoms with Crippen molar-refractivity contribution in [3.63, 3.8) is 0 Å². The van der Waals surface area contributed by atoms with E-state index in [-0.39, 0.29) is 0 Å². The molecule has 1 unspecified atom stereocenters. The van der Waals surface area contributed by atoms with E-state index in [1.54, 1.807) is 0 Å². The Hall–Kier alpha value is -0.160. The first-order chi connectivity index (χ1) is 9.49. The summed E-state index contributed by atoms with van der Waals surface area (Å²) < 4.78 is 0. The standard InChI is InChI=1S/C16H36N4/c1-15(2)17-8-6-7-16(3)20-13-11-19(12-14-20)10-9-18(4)5/h15-17H,6-14H2,1-5H3. The Balaban J connectivity index is 2.10. The van der Waals surface area contributed by atoms with Gasteiger partial charge in [0.15, 0.2) is 0 Å². The molecule has 0 amide bonds.